The summed E-state index contributed by atoms with van der Waals surface area (Å²) in [6, 6.07) is 3.75. The van der Waals surface area contributed by atoms with Crippen molar-refractivity contribution in [2.24, 2.45) is 7.05 Å². The summed E-state index contributed by atoms with van der Waals surface area (Å²) in [5, 5.41) is 2.41. The fraction of sp³-hybridized carbons (Fsp3) is 0.389. The van der Waals surface area contributed by atoms with E-state index < -0.39 is 0 Å². The van der Waals surface area contributed by atoms with E-state index in [1.165, 1.54) is 27.7 Å². The van der Waals surface area contributed by atoms with E-state index in [1.54, 1.807) is 14.2 Å². The van der Waals surface area contributed by atoms with Gasteiger partial charge in [-0.25, -0.2) is 4.98 Å². The number of thiophene rings is 1. The van der Waals surface area contributed by atoms with Gasteiger partial charge in [0.1, 0.15) is 4.70 Å². The molecule has 0 radical (unpaired) electrons. The number of ether oxygens (including phenoxy) is 1. The molecular weight excluding hydrogens is 370 g/mol. The van der Waals surface area contributed by atoms with Gasteiger partial charge in [-0.1, -0.05) is 11.8 Å². The zero-order valence-corrected chi connectivity index (χ0v) is 16.9. The standard InChI is InChI=1S/C18H21N3O3S2/c1-11-9-13(12(2)21(11)6-7-24-4)15(22)10-26-18-19-14-5-8-25-16(14)17(23)20(18)3/h5,8-9H,6-7,10H2,1-4H3. The van der Waals surface area contributed by atoms with Crippen LogP contribution in [0.25, 0.3) is 10.2 Å². The van der Waals surface area contributed by atoms with Crippen molar-refractivity contribution in [1.29, 1.82) is 0 Å². The SMILES string of the molecule is COCCn1c(C)cc(C(=O)CSc2nc3ccsc3c(=O)n2C)c1C. The molecule has 3 heterocycles. The Bertz CT molecular complexity index is 1020. The van der Waals surface area contributed by atoms with Crippen molar-refractivity contribution >= 4 is 39.1 Å². The minimum Gasteiger partial charge on any atom is -0.383 e. The van der Waals surface area contributed by atoms with E-state index in [0.717, 1.165) is 17.9 Å². The molecule has 138 valence electrons. The molecule has 0 aliphatic heterocycles. The molecule has 0 unspecified atom stereocenters. The topological polar surface area (TPSA) is 66.1 Å². The van der Waals surface area contributed by atoms with E-state index in [1.807, 2.05) is 31.4 Å². The highest BCUT2D eigenvalue weighted by Crippen LogP contribution is 2.23. The summed E-state index contributed by atoms with van der Waals surface area (Å²) in [5.74, 6) is 0.274. The van der Waals surface area contributed by atoms with Crippen molar-refractivity contribution in [1.82, 2.24) is 14.1 Å². The number of ketones is 1. The predicted molar refractivity (Wildman–Crippen MR) is 106 cm³/mol. The van der Waals surface area contributed by atoms with Gasteiger partial charge in [0.2, 0.25) is 0 Å². The van der Waals surface area contributed by atoms with E-state index in [2.05, 4.69) is 9.55 Å². The van der Waals surface area contributed by atoms with Crippen molar-refractivity contribution in [3.63, 3.8) is 0 Å². The number of hydrogen-bond acceptors (Lipinski definition) is 6. The van der Waals surface area contributed by atoms with Crippen LogP contribution in [0.1, 0.15) is 21.7 Å². The molecule has 0 aliphatic rings. The normalized spacial score (nSPS) is 11.4. The highest BCUT2D eigenvalue weighted by Gasteiger charge is 2.17. The van der Waals surface area contributed by atoms with Crippen LogP contribution in [0.5, 0.6) is 0 Å². The first kappa shape index (κ1) is 18.9. The lowest BCUT2D eigenvalue weighted by Gasteiger charge is -2.09. The number of methoxy groups -OCH3 is 1. The van der Waals surface area contributed by atoms with Gasteiger partial charge in [-0.2, -0.15) is 0 Å². The summed E-state index contributed by atoms with van der Waals surface area (Å²) in [6.07, 6.45) is 0. The van der Waals surface area contributed by atoms with Crippen molar-refractivity contribution in [3.8, 4) is 0 Å². The van der Waals surface area contributed by atoms with Crippen LogP contribution in [-0.2, 0) is 18.3 Å². The van der Waals surface area contributed by atoms with E-state index in [9.17, 15) is 9.59 Å². The van der Waals surface area contributed by atoms with Crippen molar-refractivity contribution < 1.29 is 9.53 Å². The lowest BCUT2D eigenvalue weighted by molar-refractivity contribution is 0.102. The highest BCUT2D eigenvalue weighted by molar-refractivity contribution is 7.99. The van der Waals surface area contributed by atoms with E-state index in [0.29, 0.717) is 27.5 Å². The van der Waals surface area contributed by atoms with Crippen molar-refractivity contribution in [2.75, 3.05) is 19.5 Å². The molecule has 26 heavy (non-hydrogen) atoms. The maximum Gasteiger partial charge on any atom is 0.271 e. The van der Waals surface area contributed by atoms with Gasteiger partial charge in [0.25, 0.3) is 5.56 Å². The minimum absolute atomic E-state index is 0.0337. The van der Waals surface area contributed by atoms with Crippen molar-refractivity contribution in [2.45, 2.75) is 25.5 Å². The van der Waals surface area contributed by atoms with E-state index >= 15 is 0 Å². The zero-order chi connectivity index (χ0) is 18.8. The number of aromatic nitrogens is 3. The Morgan fingerprint density at radius 1 is 1.38 bits per heavy atom. The van der Waals surface area contributed by atoms with Crippen LogP contribution < -0.4 is 5.56 Å². The fourth-order valence-corrected chi connectivity index (χ4v) is 4.58. The molecular formula is C18H21N3O3S2. The quantitative estimate of drug-likeness (QED) is 0.352. The molecule has 0 saturated heterocycles. The number of carbonyl (C=O) groups excluding carboxylic acids is 1. The molecule has 8 heteroatoms. The van der Waals surface area contributed by atoms with Crippen LogP contribution >= 0.6 is 23.1 Å². The molecule has 0 aromatic carbocycles. The second-order valence-corrected chi connectivity index (χ2v) is 7.89. The van der Waals surface area contributed by atoms with Crippen LogP contribution in [0.4, 0.5) is 0 Å². The molecule has 0 aliphatic carbocycles. The van der Waals surface area contributed by atoms with Crippen LogP contribution in [-0.4, -0.2) is 39.4 Å². The number of rotatable bonds is 7. The number of aryl methyl sites for hydroxylation is 1. The first-order valence-electron chi connectivity index (χ1n) is 8.20. The van der Waals surface area contributed by atoms with Gasteiger partial charge in [0, 0.05) is 37.7 Å². The number of Topliss-reactive ketones (excluding diaryl/α,β-unsaturated/α-hetero) is 1. The molecule has 0 fully saturated rings. The molecule has 3 aromatic heterocycles. The average Bonchev–Trinajstić information content (AvgIpc) is 3.20. The molecule has 0 bridgehead atoms. The monoisotopic (exact) mass is 391 g/mol. The largest absolute Gasteiger partial charge is 0.383 e. The number of thioether (sulfide) groups is 1. The van der Waals surface area contributed by atoms with Crippen LogP contribution in [0.15, 0.2) is 27.5 Å². The third-order valence-electron chi connectivity index (χ3n) is 4.37. The second kappa shape index (κ2) is 7.77. The Morgan fingerprint density at radius 2 is 2.15 bits per heavy atom. The Balaban J connectivity index is 1.79. The van der Waals surface area contributed by atoms with Crippen molar-refractivity contribution in [3.05, 3.63) is 44.8 Å². The zero-order valence-electron chi connectivity index (χ0n) is 15.2. The van der Waals surface area contributed by atoms with Gasteiger partial charge in [0.15, 0.2) is 10.9 Å². The van der Waals surface area contributed by atoms with Gasteiger partial charge >= 0.3 is 0 Å². The lowest BCUT2D eigenvalue weighted by atomic mass is 10.2. The molecule has 0 amide bonds. The number of carbonyl (C=O) groups is 1. The molecule has 6 nitrogen and oxygen atoms in total. The number of hydrogen-bond donors (Lipinski definition) is 0. The Kier molecular flexibility index (Phi) is 5.64. The number of fused-ring (bicyclic) bond motifs is 1. The maximum absolute atomic E-state index is 12.7. The van der Waals surface area contributed by atoms with Gasteiger partial charge in [-0.3, -0.25) is 14.2 Å². The van der Waals surface area contributed by atoms with E-state index in [-0.39, 0.29) is 17.1 Å². The lowest BCUT2D eigenvalue weighted by Crippen LogP contribution is -2.19. The first-order valence-corrected chi connectivity index (χ1v) is 10.1. The van der Waals surface area contributed by atoms with Gasteiger partial charge in [-0.05, 0) is 31.4 Å². The Labute approximate surface area is 159 Å². The van der Waals surface area contributed by atoms with E-state index in [4.69, 9.17) is 4.74 Å². The summed E-state index contributed by atoms with van der Waals surface area (Å²) in [6.45, 7) is 5.26. The average molecular weight is 392 g/mol. The minimum atomic E-state index is -0.0716. The first-order chi connectivity index (χ1) is 12.4. The third-order valence-corrected chi connectivity index (χ3v) is 6.29. The summed E-state index contributed by atoms with van der Waals surface area (Å²) in [5.41, 5.74) is 3.31. The Hall–Kier alpha value is -1.90. The highest BCUT2D eigenvalue weighted by atomic mass is 32.2. The van der Waals surface area contributed by atoms with Crippen LogP contribution in [0, 0.1) is 13.8 Å². The molecule has 3 rings (SSSR count). The molecule has 0 N–H and O–H groups in total. The number of nitrogens with zero attached hydrogens (tertiary/aromatic N) is 3. The van der Waals surface area contributed by atoms with Gasteiger partial charge < -0.3 is 9.30 Å². The smallest absolute Gasteiger partial charge is 0.271 e. The van der Waals surface area contributed by atoms with Crippen LogP contribution in [0.2, 0.25) is 0 Å². The molecule has 0 saturated carbocycles. The summed E-state index contributed by atoms with van der Waals surface area (Å²) >= 11 is 2.68. The molecule has 0 spiro atoms. The third kappa shape index (κ3) is 3.49. The summed E-state index contributed by atoms with van der Waals surface area (Å²) in [4.78, 5) is 29.6. The molecule has 0 atom stereocenters. The molecule has 3 aromatic rings. The fourth-order valence-electron chi connectivity index (χ4n) is 2.91. The second-order valence-electron chi connectivity index (χ2n) is 6.03. The van der Waals surface area contributed by atoms with Crippen LogP contribution in [0.3, 0.4) is 0 Å². The summed E-state index contributed by atoms with van der Waals surface area (Å²) in [7, 11) is 3.36. The summed E-state index contributed by atoms with van der Waals surface area (Å²) < 4.78 is 9.38. The van der Waals surface area contributed by atoms with Gasteiger partial charge in [-0.15, -0.1) is 11.3 Å². The Morgan fingerprint density at radius 3 is 2.88 bits per heavy atom. The maximum atomic E-state index is 12.7. The van der Waals surface area contributed by atoms with Gasteiger partial charge in [0.05, 0.1) is 17.9 Å². The predicted octanol–water partition coefficient (Wildman–Crippen LogP) is 3.03.